The van der Waals surface area contributed by atoms with E-state index in [4.69, 9.17) is 16.3 Å². The number of aromatic hydroxyl groups is 1. The Kier molecular flexibility index (Phi) is 5.69. The largest absolute Gasteiger partial charge is 0.504 e. The number of rotatable bonds is 5. The second kappa shape index (κ2) is 8.41. The van der Waals surface area contributed by atoms with Crippen LogP contribution in [0.1, 0.15) is 29.0 Å². The Balaban J connectivity index is 1.66. The zero-order chi connectivity index (χ0) is 21.3. The molecule has 9 heteroatoms. The first-order valence-electron chi connectivity index (χ1n) is 9.13. The quantitative estimate of drug-likeness (QED) is 0.408. The van der Waals surface area contributed by atoms with E-state index in [0.29, 0.717) is 27.1 Å². The summed E-state index contributed by atoms with van der Waals surface area (Å²) in [7, 11) is 1.44. The smallest absolute Gasteiger partial charge is 0.257 e. The van der Waals surface area contributed by atoms with E-state index in [1.165, 1.54) is 24.9 Å². The number of nitrogens with one attached hydrogen (secondary N) is 2. The summed E-state index contributed by atoms with van der Waals surface area (Å²) in [6.07, 6.45) is 0.100. The van der Waals surface area contributed by atoms with Crippen LogP contribution in [-0.4, -0.2) is 28.1 Å². The highest BCUT2D eigenvalue weighted by Crippen LogP contribution is 2.38. The number of hydrogen-bond acceptors (Lipinski definition) is 6. The average Bonchev–Trinajstić information content (AvgIpc) is 2.73. The van der Waals surface area contributed by atoms with Gasteiger partial charge in [0.25, 0.3) is 5.56 Å². The molecule has 1 aliphatic rings. The molecule has 7 nitrogen and oxygen atoms in total. The van der Waals surface area contributed by atoms with Crippen molar-refractivity contribution >= 4 is 35.1 Å². The van der Waals surface area contributed by atoms with Gasteiger partial charge in [0, 0.05) is 23.1 Å². The number of H-pyrrole nitrogens is 1. The van der Waals surface area contributed by atoms with E-state index < -0.39 is 5.92 Å². The Labute approximate surface area is 181 Å². The summed E-state index contributed by atoms with van der Waals surface area (Å²) >= 11 is 7.26. The monoisotopic (exact) mass is 443 g/mol. The molecule has 1 aliphatic heterocycles. The molecule has 0 fully saturated rings. The van der Waals surface area contributed by atoms with Gasteiger partial charge in [0.05, 0.1) is 12.7 Å². The zero-order valence-corrected chi connectivity index (χ0v) is 17.5. The number of ether oxygens (including phenoxy) is 1. The van der Waals surface area contributed by atoms with Gasteiger partial charge >= 0.3 is 0 Å². The molecule has 0 spiro atoms. The van der Waals surface area contributed by atoms with Gasteiger partial charge in [-0.1, -0.05) is 41.6 Å². The number of benzene rings is 2. The predicted octanol–water partition coefficient (Wildman–Crippen LogP) is 3.90. The molecule has 0 saturated carbocycles. The normalized spacial score (nSPS) is 15.4. The van der Waals surface area contributed by atoms with Crippen LogP contribution in [0, 0.1) is 0 Å². The first-order chi connectivity index (χ1) is 14.4. The van der Waals surface area contributed by atoms with Crippen LogP contribution in [0.5, 0.6) is 11.5 Å². The lowest BCUT2D eigenvalue weighted by molar-refractivity contribution is -0.116. The molecule has 154 valence electrons. The molecular formula is C21H18ClN3O4S. The molecule has 30 heavy (non-hydrogen) atoms. The summed E-state index contributed by atoms with van der Waals surface area (Å²) < 4.78 is 5.16. The number of fused-ring (bicyclic) bond motifs is 1. The maximum atomic E-state index is 12.9. The fraction of sp³-hybridized carbons (Fsp3) is 0.190. The van der Waals surface area contributed by atoms with Gasteiger partial charge in [-0.25, -0.2) is 4.98 Å². The molecule has 1 amide bonds. The number of carbonyl (C=O) groups excluding carboxylic acids is 1. The van der Waals surface area contributed by atoms with Crippen LogP contribution in [-0.2, 0) is 10.5 Å². The molecule has 2 aromatic carbocycles. The van der Waals surface area contributed by atoms with Gasteiger partial charge in [-0.05, 0) is 35.4 Å². The van der Waals surface area contributed by atoms with E-state index in [1.54, 1.807) is 24.3 Å². The second-order valence-electron chi connectivity index (χ2n) is 6.78. The summed E-state index contributed by atoms with van der Waals surface area (Å²) in [6, 6.07) is 12.2. The molecule has 3 aromatic rings. The molecule has 0 bridgehead atoms. The number of aromatic nitrogens is 2. The fourth-order valence-electron chi connectivity index (χ4n) is 3.35. The molecular weight excluding hydrogens is 426 g/mol. The van der Waals surface area contributed by atoms with E-state index in [1.807, 2.05) is 12.1 Å². The number of thioether (sulfide) groups is 1. The number of amides is 1. The Morgan fingerprint density at radius 3 is 2.73 bits per heavy atom. The topological polar surface area (TPSA) is 104 Å². The van der Waals surface area contributed by atoms with Crippen molar-refractivity contribution in [2.45, 2.75) is 23.2 Å². The summed E-state index contributed by atoms with van der Waals surface area (Å²) in [5, 5.41) is 13.6. The lowest BCUT2D eigenvalue weighted by atomic mass is 9.86. The minimum Gasteiger partial charge on any atom is -0.504 e. The summed E-state index contributed by atoms with van der Waals surface area (Å²) in [5.74, 6) is 0.389. The minimum atomic E-state index is -0.491. The lowest BCUT2D eigenvalue weighted by Gasteiger charge is -2.25. The van der Waals surface area contributed by atoms with Crippen molar-refractivity contribution in [1.29, 1.82) is 0 Å². The number of phenols is 1. The van der Waals surface area contributed by atoms with Crippen molar-refractivity contribution in [1.82, 2.24) is 9.97 Å². The molecule has 0 aliphatic carbocycles. The molecule has 1 aromatic heterocycles. The fourth-order valence-corrected chi connectivity index (χ4v) is 4.29. The number of halogens is 1. The number of methoxy groups -OCH3 is 1. The van der Waals surface area contributed by atoms with Gasteiger partial charge in [-0.2, -0.15) is 0 Å². The molecule has 0 saturated heterocycles. The summed E-state index contributed by atoms with van der Waals surface area (Å²) in [4.78, 5) is 32.5. The van der Waals surface area contributed by atoms with Crippen LogP contribution in [0.3, 0.4) is 0 Å². The first-order valence-corrected chi connectivity index (χ1v) is 10.5. The van der Waals surface area contributed by atoms with Crippen LogP contribution in [0.2, 0.25) is 5.02 Å². The number of hydrogen-bond donors (Lipinski definition) is 3. The number of anilines is 1. The minimum absolute atomic E-state index is 0.0114. The number of nitrogens with zero attached hydrogens (tertiary/aromatic N) is 1. The van der Waals surface area contributed by atoms with Crippen molar-refractivity contribution in [2.75, 3.05) is 12.4 Å². The third-order valence-corrected chi connectivity index (χ3v) is 6.02. The van der Waals surface area contributed by atoms with E-state index in [2.05, 4.69) is 15.3 Å². The van der Waals surface area contributed by atoms with Crippen LogP contribution >= 0.6 is 23.4 Å². The Morgan fingerprint density at radius 2 is 2.00 bits per heavy atom. The highest BCUT2D eigenvalue weighted by Gasteiger charge is 2.31. The predicted molar refractivity (Wildman–Crippen MR) is 116 cm³/mol. The Morgan fingerprint density at radius 1 is 1.23 bits per heavy atom. The standard InChI is InChI=1S/C21H18ClN3O4S/c1-29-16-8-12(4-7-15(16)26)14-9-17(27)23-19-18(14)20(28)25-21(24-19)30-10-11-2-5-13(22)6-3-11/h2-8,14,26H,9-10H2,1H3,(H2,23,24,25,27,28)/t14-/m0/s1. The van der Waals surface area contributed by atoms with Crippen LogP contribution in [0.25, 0.3) is 0 Å². The first kappa shape index (κ1) is 20.3. The van der Waals surface area contributed by atoms with Gasteiger partial charge in [-0.15, -0.1) is 0 Å². The van der Waals surface area contributed by atoms with Crippen molar-refractivity contribution in [3.8, 4) is 11.5 Å². The molecule has 3 N–H and O–H groups in total. The van der Waals surface area contributed by atoms with Gasteiger partial charge < -0.3 is 20.1 Å². The SMILES string of the molecule is COc1cc([C@@H]2CC(=O)Nc3nc(SCc4ccc(Cl)cc4)[nH]c(=O)c32)ccc1O. The maximum Gasteiger partial charge on any atom is 0.257 e. The van der Waals surface area contributed by atoms with E-state index >= 15 is 0 Å². The van der Waals surface area contributed by atoms with Crippen molar-refractivity contribution in [2.24, 2.45) is 0 Å². The highest BCUT2D eigenvalue weighted by molar-refractivity contribution is 7.98. The van der Waals surface area contributed by atoms with Gasteiger partial charge in [0.1, 0.15) is 5.82 Å². The number of carbonyl (C=O) groups is 1. The van der Waals surface area contributed by atoms with Gasteiger partial charge in [0.2, 0.25) is 5.91 Å². The number of aromatic amines is 1. The van der Waals surface area contributed by atoms with Crippen LogP contribution in [0.15, 0.2) is 52.4 Å². The van der Waals surface area contributed by atoms with Crippen LogP contribution in [0.4, 0.5) is 5.82 Å². The second-order valence-corrected chi connectivity index (χ2v) is 8.19. The average molecular weight is 444 g/mol. The molecule has 0 unspecified atom stereocenters. The molecule has 1 atom stereocenters. The highest BCUT2D eigenvalue weighted by atomic mass is 35.5. The van der Waals surface area contributed by atoms with E-state index in [9.17, 15) is 14.7 Å². The van der Waals surface area contributed by atoms with E-state index in [-0.39, 0.29) is 35.2 Å². The molecule has 4 rings (SSSR count). The Hall–Kier alpha value is -2.97. The zero-order valence-electron chi connectivity index (χ0n) is 15.9. The lowest BCUT2D eigenvalue weighted by Crippen LogP contribution is -2.31. The van der Waals surface area contributed by atoms with E-state index in [0.717, 1.165) is 5.56 Å². The third kappa shape index (κ3) is 4.15. The molecule has 0 radical (unpaired) electrons. The van der Waals surface area contributed by atoms with Crippen molar-refractivity contribution < 1.29 is 14.6 Å². The van der Waals surface area contributed by atoms with Crippen LogP contribution < -0.4 is 15.6 Å². The number of phenolic OH excluding ortho intramolecular Hbond substituents is 1. The van der Waals surface area contributed by atoms with Gasteiger partial charge in [0.15, 0.2) is 16.7 Å². The van der Waals surface area contributed by atoms with Gasteiger partial charge in [-0.3, -0.25) is 9.59 Å². The molecule has 2 heterocycles. The summed E-state index contributed by atoms with van der Waals surface area (Å²) in [5.41, 5.74) is 1.80. The van der Waals surface area contributed by atoms with Crippen molar-refractivity contribution in [3.63, 3.8) is 0 Å². The summed E-state index contributed by atoms with van der Waals surface area (Å²) in [6.45, 7) is 0. The Bertz CT molecular complexity index is 1160. The third-order valence-electron chi connectivity index (χ3n) is 4.82. The maximum absolute atomic E-state index is 12.9. The van der Waals surface area contributed by atoms with Crippen molar-refractivity contribution in [3.05, 3.63) is 74.5 Å².